The third kappa shape index (κ3) is 9.28. The number of carboxylic acids is 2. The van der Waals surface area contributed by atoms with Gasteiger partial charge in [-0.1, -0.05) is 0 Å². The fourth-order valence-corrected chi connectivity index (χ4v) is 9.89. The molecule has 0 aliphatic heterocycles. The number of rotatable bonds is 13. The number of nitrogens with one attached hydrogen (secondary N) is 2. The van der Waals surface area contributed by atoms with Gasteiger partial charge in [-0.3, -0.25) is 34.6 Å². The van der Waals surface area contributed by atoms with Crippen molar-refractivity contribution >= 4 is 17.8 Å². The summed E-state index contributed by atoms with van der Waals surface area (Å²) < 4.78 is 13.1. The van der Waals surface area contributed by atoms with Crippen LogP contribution in [0.2, 0.25) is 0 Å². The number of carbonyl (C=O) groups is 3. The minimum Gasteiger partial charge on any atom is -0.481 e. The van der Waals surface area contributed by atoms with Crippen LogP contribution in [0.4, 0.5) is 0 Å². The Hall–Kier alpha value is -2.95. The number of ether oxygens (including phenoxy) is 2. The molecule has 0 bridgehead atoms. The van der Waals surface area contributed by atoms with Gasteiger partial charge >= 0.3 is 11.9 Å². The van der Waals surface area contributed by atoms with Crippen molar-refractivity contribution in [1.82, 2.24) is 10.8 Å². The van der Waals surface area contributed by atoms with E-state index in [9.17, 15) is 50.0 Å². The number of nitro groups is 2. The molecule has 9 atom stereocenters. The highest BCUT2D eigenvalue weighted by atomic mass is 16.6. The van der Waals surface area contributed by atoms with Crippen LogP contribution < -0.4 is 10.8 Å². The largest absolute Gasteiger partial charge is 0.481 e. The van der Waals surface area contributed by atoms with E-state index in [1.54, 1.807) is 0 Å². The lowest BCUT2D eigenvalue weighted by Crippen LogP contribution is -2.54. The molecule has 5 N–H and O–H groups in total. The maximum atomic E-state index is 13.1. The van der Waals surface area contributed by atoms with Crippen molar-refractivity contribution in [3.8, 4) is 0 Å². The van der Waals surface area contributed by atoms with Gasteiger partial charge < -0.3 is 30.2 Å². The van der Waals surface area contributed by atoms with E-state index in [4.69, 9.17) is 9.47 Å². The van der Waals surface area contributed by atoms with Gasteiger partial charge in [0.1, 0.15) is 5.92 Å². The summed E-state index contributed by atoms with van der Waals surface area (Å²) in [5.41, 5.74) is 2.30. The predicted molar refractivity (Wildman–Crippen MR) is 175 cm³/mol. The molecule has 50 heavy (non-hydrogen) atoms. The van der Waals surface area contributed by atoms with E-state index < -0.39 is 64.6 Å². The summed E-state index contributed by atoms with van der Waals surface area (Å²) in [5, 5.41) is 55.9. The number of hydrogen-bond donors (Lipinski definition) is 5. The van der Waals surface area contributed by atoms with Crippen LogP contribution in [0.15, 0.2) is 0 Å². The van der Waals surface area contributed by atoms with Gasteiger partial charge in [0.2, 0.25) is 18.0 Å². The molecular formula is C34H54N4O12. The van der Waals surface area contributed by atoms with E-state index >= 15 is 0 Å². The van der Waals surface area contributed by atoms with E-state index in [1.165, 1.54) is 0 Å². The highest BCUT2D eigenvalue weighted by Gasteiger charge is 2.51. The topological polar surface area (TPSA) is 241 Å². The molecule has 5 rings (SSSR count). The number of carbonyl (C=O) groups excluding carboxylic acids is 1. The molecule has 0 aromatic carbocycles. The summed E-state index contributed by atoms with van der Waals surface area (Å²) in [7, 11) is 0. The molecule has 5 aliphatic rings. The molecule has 0 aromatic heterocycles. The molecule has 1 amide bonds. The fraction of sp³-hybridized carbons (Fsp3) is 0.912. The van der Waals surface area contributed by atoms with Crippen LogP contribution in [0, 0.1) is 49.8 Å². The van der Waals surface area contributed by atoms with Crippen molar-refractivity contribution in [3.63, 3.8) is 0 Å². The van der Waals surface area contributed by atoms with E-state index in [2.05, 4.69) is 10.8 Å². The van der Waals surface area contributed by atoms with Crippen molar-refractivity contribution in [2.24, 2.45) is 29.6 Å². The number of nitrogens with zero attached hydrogens (tertiary/aromatic N) is 2. The van der Waals surface area contributed by atoms with Gasteiger partial charge in [0.05, 0.1) is 42.2 Å². The summed E-state index contributed by atoms with van der Waals surface area (Å²) in [4.78, 5) is 59.5. The van der Waals surface area contributed by atoms with Crippen LogP contribution in [0.3, 0.4) is 0 Å². The van der Waals surface area contributed by atoms with E-state index in [0.717, 1.165) is 51.4 Å². The zero-order valence-electron chi connectivity index (χ0n) is 28.6. The first-order valence-corrected chi connectivity index (χ1v) is 18.7. The van der Waals surface area contributed by atoms with Crippen molar-refractivity contribution in [3.05, 3.63) is 20.2 Å². The van der Waals surface area contributed by atoms with Crippen LogP contribution in [0.5, 0.6) is 0 Å². The molecule has 0 spiro atoms. The van der Waals surface area contributed by atoms with Crippen molar-refractivity contribution in [1.29, 1.82) is 0 Å². The highest BCUT2D eigenvalue weighted by Crippen LogP contribution is 2.41. The molecule has 282 valence electrons. The Kier molecular flexibility index (Phi) is 13.4. The Morgan fingerprint density at radius 3 is 1.66 bits per heavy atom. The van der Waals surface area contributed by atoms with Crippen molar-refractivity contribution in [2.45, 2.75) is 164 Å². The average Bonchev–Trinajstić information content (AvgIpc) is 3.09. The maximum Gasteiger partial charge on any atom is 0.307 e. The fourth-order valence-electron chi connectivity index (χ4n) is 9.89. The first-order chi connectivity index (χ1) is 24.0. The zero-order chi connectivity index (χ0) is 35.9. The molecule has 0 saturated heterocycles. The number of hydrogen-bond acceptors (Lipinski definition) is 11. The van der Waals surface area contributed by atoms with Crippen LogP contribution >= 0.6 is 0 Å². The summed E-state index contributed by atoms with van der Waals surface area (Å²) in [6.45, 7) is 0. The normalized spacial score (nSPS) is 38.7. The van der Waals surface area contributed by atoms with E-state index in [1.807, 2.05) is 0 Å². The standard InChI is InChI=1S/C34H54N4O12/c39-32(30-26(34(42)43)7-3-9-28(30)38(47)48)35-20-12-16-22(17-13-20)50-24-5-1-4-23(18-24)49-21-14-10-19(11-15-21)31(36-44)29-25(33(40)41)6-2-8-27(29)37(45)46/h19-31,36,44H,1-18H2,(H,35,39)(H,40,41)(H,42,43). The number of carboxylic acid groups (broad SMARTS) is 2. The van der Waals surface area contributed by atoms with Crippen molar-refractivity contribution in [2.75, 3.05) is 0 Å². The Balaban J connectivity index is 1.05. The number of amides is 1. The zero-order valence-corrected chi connectivity index (χ0v) is 28.6. The molecule has 9 unspecified atom stereocenters. The first kappa shape index (κ1) is 38.3. The van der Waals surface area contributed by atoms with Gasteiger partial charge in [-0.05, 0) is 109 Å². The molecule has 0 aromatic rings. The van der Waals surface area contributed by atoms with Gasteiger partial charge in [-0.2, -0.15) is 0 Å². The number of hydroxylamine groups is 1. The third-order valence-corrected chi connectivity index (χ3v) is 12.4. The quantitative estimate of drug-likeness (QED) is 0.134. The lowest BCUT2D eigenvalue weighted by Gasteiger charge is -2.42. The lowest BCUT2D eigenvalue weighted by molar-refractivity contribution is -0.539. The van der Waals surface area contributed by atoms with Gasteiger partial charge in [0.15, 0.2) is 0 Å². The van der Waals surface area contributed by atoms with Crippen LogP contribution in [0.25, 0.3) is 0 Å². The first-order valence-electron chi connectivity index (χ1n) is 18.7. The van der Waals surface area contributed by atoms with Crippen LogP contribution in [-0.4, -0.2) is 91.7 Å². The lowest BCUT2D eigenvalue weighted by atomic mass is 9.67. The predicted octanol–water partition coefficient (Wildman–Crippen LogP) is 3.96. The Morgan fingerprint density at radius 2 is 1.14 bits per heavy atom. The molecular weight excluding hydrogens is 656 g/mol. The minimum atomic E-state index is -1.19. The second-order valence-electron chi connectivity index (χ2n) is 15.4. The Morgan fingerprint density at radius 1 is 0.640 bits per heavy atom. The SMILES string of the molecule is O=C(O)C1CCCC([N+](=O)[O-])C1C(=O)NC1CCC(OC2CCCC(OC3CCC(C(NO)C4C(C(=O)O)CCCC4[N+](=O)[O-])CC3)C2)CC1. The Labute approximate surface area is 291 Å². The van der Waals surface area contributed by atoms with Crippen LogP contribution in [-0.2, 0) is 23.9 Å². The molecule has 5 saturated carbocycles. The number of aliphatic carboxylic acids is 2. The molecule has 5 aliphatic carbocycles. The van der Waals surface area contributed by atoms with E-state index in [0.29, 0.717) is 51.4 Å². The molecule has 16 nitrogen and oxygen atoms in total. The highest BCUT2D eigenvalue weighted by molar-refractivity contribution is 5.85. The van der Waals surface area contributed by atoms with Gasteiger partial charge in [-0.15, -0.1) is 0 Å². The van der Waals surface area contributed by atoms with Gasteiger partial charge in [-0.25, -0.2) is 5.48 Å². The van der Waals surface area contributed by atoms with Gasteiger partial charge in [0.25, 0.3) is 0 Å². The summed E-state index contributed by atoms with van der Waals surface area (Å²) in [5.74, 6) is -6.73. The minimum absolute atomic E-state index is 0.0149. The average molecular weight is 711 g/mol. The molecule has 0 radical (unpaired) electrons. The summed E-state index contributed by atoms with van der Waals surface area (Å²) in [6.07, 6.45) is 11.3. The van der Waals surface area contributed by atoms with Gasteiger partial charge in [0, 0.05) is 34.8 Å². The monoisotopic (exact) mass is 710 g/mol. The smallest absolute Gasteiger partial charge is 0.307 e. The Bertz CT molecular complexity index is 1160. The third-order valence-electron chi connectivity index (χ3n) is 12.4. The molecule has 5 fully saturated rings. The van der Waals surface area contributed by atoms with E-state index in [-0.39, 0.29) is 54.1 Å². The summed E-state index contributed by atoms with van der Waals surface area (Å²) in [6, 6.07) is -3.04. The maximum absolute atomic E-state index is 13.1. The molecule has 16 heteroatoms. The van der Waals surface area contributed by atoms with Crippen molar-refractivity contribution < 1.29 is 49.1 Å². The molecule has 0 heterocycles. The second-order valence-corrected chi connectivity index (χ2v) is 15.4. The second kappa shape index (κ2) is 17.5. The van der Waals surface area contributed by atoms with Crippen LogP contribution in [0.1, 0.15) is 116 Å². The summed E-state index contributed by atoms with van der Waals surface area (Å²) >= 11 is 0.